The normalized spacial score (nSPS) is 11.6. The summed E-state index contributed by atoms with van der Waals surface area (Å²) in [6.07, 6.45) is 0.804. The van der Waals surface area contributed by atoms with E-state index in [2.05, 4.69) is 0 Å². The van der Waals surface area contributed by atoms with Crippen LogP contribution < -0.4 is 10.4 Å². The van der Waals surface area contributed by atoms with Crippen LogP contribution in [0.5, 0.6) is 5.75 Å². The van der Waals surface area contributed by atoms with Gasteiger partial charge in [-0.25, -0.2) is 13.2 Å². The number of ether oxygens (including phenoxy) is 1. The molecule has 0 atom stereocenters. The molecule has 25 heavy (non-hydrogen) atoms. The van der Waals surface area contributed by atoms with Gasteiger partial charge in [-0.3, -0.25) is 0 Å². The molecule has 0 fully saturated rings. The quantitative estimate of drug-likeness (QED) is 0.652. The lowest BCUT2D eigenvalue weighted by Crippen LogP contribution is -2.14. The van der Waals surface area contributed by atoms with Crippen LogP contribution in [0, 0.1) is 0 Å². The van der Waals surface area contributed by atoms with E-state index in [0.29, 0.717) is 17.7 Å². The smallest absolute Gasteiger partial charge is 0.355 e. The van der Waals surface area contributed by atoms with E-state index in [9.17, 15) is 13.2 Å². The maximum Gasteiger partial charge on any atom is 0.355 e. The van der Waals surface area contributed by atoms with Crippen LogP contribution in [0.25, 0.3) is 11.0 Å². The number of sulfone groups is 1. The average molecular weight is 358 g/mol. The SMILES string of the molecule is CCOc1cccc2cc(S(=O)(=O)c3ccc(CC)cc3)c(=O)oc12. The summed E-state index contributed by atoms with van der Waals surface area (Å²) >= 11 is 0. The van der Waals surface area contributed by atoms with Gasteiger partial charge in [-0.05, 0) is 43.2 Å². The van der Waals surface area contributed by atoms with Crippen molar-refractivity contribution in [3.63, 3.8) is 0 Å². The van der Waals surface area contributed by atoms with Crippen LogP contribution in [0.15, 0.2) is 67.5 Å². The highest BCUT2D eigenvalue weighted by atomic mass is 32.2. The number of rotatable bonds is 5. The monoisotopic (exact) mass is 358 g/mol. The fourth-order valence-corrected chi connectivity index (χ4v) is 3.88. The van der Waals surface area contributed by atoms with Gasteiger partial charge in [0.15, 0.2) is 16.2 Å². The van der Waals surface area contributed by atoms with Crippen LogP contribution in [-0.2, 0) is 16.3 Å². The third-order valence-electron chi connectivity index (χ3n) is 3.92. The molecular weight excluding hydrogens is 340 g/mol. The largest absolute Gasteiger partial charge is 0.490 e. The molecule has 3 rings (SSSR count). The second-order valence-electron chi connectivity index (χ2n) is 5.51. The van der Waals surface area contributed by atoms with Gasteiger partial charge in [0.2, 0.25) is 9.84 Å². The van der Waals surface area contributed by atoms with Crippen molar-refractivity contribution in [1.82, 2.24) is 0 Å². The third-order valence-corrected chi connectivity index (χ3v) is 5.68. The van der Waals surface area contributed by atoms with Crippen LogP contribution in [-0.4, -0.2) is 15.0 Å². The first-order chi connectivity index (χ1) is 12.0. The van der Waals surface area contributed by atoms with Crippen LogP contribution in [0.3, 0.4) is 0 Å². The van der Waals surface area contributed by atoms with Gasteiger partial charge in [-0.15, -0.1) is 0 Å². The molecule has 1 heterocycles. The summed E-state index contributed by atoms with van der Waals surface area (Å²) in [7, 11) is -3.96. The Morgan fingerprint density at radius 3 is 2.40 bits per heavy atom. The number of hydrogen-bond acceptors (Lipinski definition) is 5. The molecule has 0 saturated heterocycles. The van der Waals surface area contributed by atoms with Crippen LogP contribution in [0.4, 0.5) is 0 Å². The van der Waals surface area contributed by atoms with E-state index in [1.54, 1.807) is 30.3 Å². The Morgan fingerprint density at radius 2 is 1.76 bits per heavy atom. The summed E-state index contributed by atoms with van der Waals surface area (Å²) < 4.78 is 36.3. The van der Waals surface area contributed by atoms with Gasteiger partial charge in [-0.1, -0.05) is 31.2 Å². The molecule has 0 aliphatic carbocycles. The second-order valence-corrected chi connectivity index (χ2v) is 7.42. The average Bonchev–Trinajstić information content (AvgIpc) is 2.62. The Hall–Kier alpha value is -2.60. The van der Waals surface area contributed by atoms with Crippen molar-refractivity contribution in [3.8, 4) is 5.75 Å². The van der Waals surface area contributed by atoms with Gasteiger partial charge in [-0.2, -0.15) is 0 Å². The fraction of sp³-hybridized carbons (Fsp3) is 0.211. The Balaban J connectivity index is 2.17. The Kier molecular flexibility index (Phi) is 4.63. The third kappa shape index (κ3) is 3.17. The predicted octanol–water partition coefficient (Wildman–Crippen LogP) is 3.59. The van der Waals surface area contributed by atoms with Crippen molar-refractivity contribution < 1.29 is 17.6 Å². The van der Waals surface area contributed by atoms with E-state index in [-0.39, 0.29) is 15.4 Å². The minimum Gasteiger partial charge on any atom is -0.490 e. The van der Waals surface area contributed by atoms with E-state index < -0.39 is 15.5 Å². The fourth-order valence-electron chi connectivity index (χ4n) is 2.59. The lowest BCUT2D eigenvalue weighted by Gasteiger charge is -2.08. The predicted molar refractivity (Wildman–Crippen MR) is 94.9 cm³/mol. The Morgan fingerprint density at radius 1 is 1.04 bits per heavy atom. The van der Waals surface area contributed by atoms with Gasteiger partial charge >= 0.3 is 5.63 Å². The molecule has 0 aliphatic rings. The molecule has 0 aliphatic heterocycles. The Bertz CT molecular complexity index is 1060. The van der Waals surface area contributed by atoms with E-state index in [1.165, 1.54) is 18.2 Å². The lowest BCUT2D eigenvalue weighted by atomic mass is 10.2. The first-order valence-corrected chi connectivity index (χ1v) is 9.49. The summed E-state index contributed by atoms with van der Waals surface area (Å²) in [6.45, 7) is 4.21. The molecule has 0 spiro atoms. The van der Waals surface area contributed by atoms with Crippen molar-refractivity contribution in [2.24, 2.45) is 0 Å². The number of para-hydroxylation sites is 1. The lowest BCUT2D eigenvalue weighted by molar-refractivity contribution is 0.336. The molecule has 2 aromatic carbocycles. The van der Waals surface area contributed by atoms with Crippen LogP contribution in [0.1, 0.15) is 19.4 Å². The highest BCUT2D eigenvalue weighted by Gasteiger charge is 2.24. The zero-order chi connectivity index (χ0) is 18.0. The van der Waals surface area contributed by atoms with E-state index in [1.807, 2.05) is 13.8 Å². The minimum absolute atomic E-state index is 0.0670. The summed E-state index contributed by atoms with van der Waals surface area (Å²) in [5, 5.41) is 0.495. The molecule has 0 saturated carbocycles. The number of benzene rings is 2. The highest BCUT2D eigenvalue weighted by Crippen LogP contribution is 2.27. The molecule has 130 valence electrons. The summed E-state index contributed by atoms with van der Waals surface area (Å²) in [4.78, 5) is 12.0. The molecule has 1 aromatic heterocycles. The molecule has 5 nitrogen and oxygen atoms in total. The second kappa shape index (κ2) is 6.72. The zero-order valence-electron chi connectivity index (χ0n) is 14.0. The molecule has 0 radical (unpaired) electrons. The molecular formula is C19H18O5S. The molecule has 0 amide bonds. The minimum atomic E-state index is -3.96. The zero-order valence-corrected chi connectivity index (χ0v) is 14.8. The van der Waals surface area contributed by atoms with Gasteiger partial charge in [0, 0.05) is 5.39 Å². The molecule has 0 unspecified atom stereocenters. The summed E-state index contributed by atoms with van der Waals surface area (Å²) in [5.41, 5.74) is 0.361. The van der Waals surface area contributed by atoms with Crippen molar-refractivity contribution in [1.29, 1.82) is 0 Å². The van der Waals surface area contributed by atoms with Gasteiger partial charge in [0.1, 0.15) is 0 Å². The van der Waals surface area contributed by atoms with Crippen LogP contribution >= 0.6 is 0 Å². The molecule has 6 heteroatoms. The molecule has 3 aromatic rings. The van der Waals surface area contributed by atoms with E-state index in [0.717, 1.165) is 12.0 Å². The van der Waals surface area contributed by atoms with Gasteiger partial charge in [0.05, 0.1) is 11.5 Å². The number of aryl methyl sites for hydroxylation is 1. The van der Waals surface area contributed by atoms with Crippen molar-refractivity contribution >= 4 is 20.8 Å². The number of hydrogen-bond donors (Lipinski definition) is 0. The summed E-state index contributed by atoms with van der Waals surface area (Å²) in [6, 6.07) is 12.9. The van der Waals surface area contributed by atoms with Crippen molar-refractivity contribution in [3.05, 3.63) is 64.5 Å². The summed E-state index contributed by atoms with van der Waals surface area (Å²) in [5.74, 6) is 0.411. The molecule has 0 bridgehead atoms. The Labute approximate surface area is 145 Å². The standard InChI is InChI=1S/C19H18O5S/c1-3-13-8-10-15(11-9-13)25(21,22)17-12-14-6-5-7-16(23-4-2)18(14)24-19(17)20/h5-12H,3-4H2,1-2H3. The first-order valence-electron chi connectivity index (χ1n) is 8.01. The topological polar surface area (TPSA) is 73.6 Å². The first kappa shape index (κ1) is 17.2. The maximum absolute atomic E-state index is 12.8. The maximum atomic E-state index is 12.8. The number of fused-ring (bicyclic) bond motifs is 1. The van der Waals surface area contributed by atoms with E-state index in [4.69, 9.17) is 9.15 Å². The van der Waals surface area contributed by atoms with Gasteiger partial charge in [0.25, 0.3) is 0 Å². The van der Waals surface area contributed by atoms with E-state index >= 15 is 0 Å². The molecule has 0 N–H and O–H groups in total. The van der Waals surface area contributed by atoms with Gasteiger partial charge < -0.3 is 9.15 Å². The highest BCUT2D eigenvalue weighted by molar-refractivity contribution is 7.91. The van der Waals surface area contributed by atoms with Crippen molar-refractivity contribution in [2.75, 3.05) is 6.61 Å². The van der Waals surface area contributed by atoms with Crippen molar-refractivity contribution in [2.45, 2.75) is 30.1 Å². The van der Waals surface area contributed by atoms with Crippen LogP contribution in [0.2, 0.25) is 0 Å².